The maximum Gasteiger partial charge on any atom is 0.416 e. The average molecular weight is 316 g/mol. The number of halogens is 5. The second kappa shape index (κ2) is 4.75. The number of rotatable bonds is 2. The van der Waals surface area contributed by atoms with Crippen LogP contribution >= 0.6 is 27.5 Å². The van der Waals surface area contributed by atoms with Gasteiger partial charge in [-0.15, -0.1) is 0 Å². The van der Waals surface area contributed by atoms with Gasteiger partial charge in [-0.25, -0.2) is 0 Å². The van der Waals surface area contributed by atoms with Crippen LogP contribution in [-0.4, -0.2) is 5.78 Å². The van der Waals surface area contributed by atoms with Gasteiger partial charge in [-0.05, 0) is 30.7 Å². The SMILES string of the molecule is CC(=O)C(Br)c1cc(Cl)cc(C(F)(F)F)c1. The molecule has 0 radical (unpaired) electrons. The highest BCUT2D eigenvalue weighted by Crippen LogP contribution is 2.35. The highest BCUT2D eigenvalue weighted by Gasteiger charge is 2.31. The second-order valence-electron chi connectivity index (χ2n) is 3.24. The largest absolute Gasteiger partial charge is 0.416 e. The van der Waals surface area contributed by atoms with Crippen LogP contribution in [0.2, 0.25) is 5.02 Å². The third kappa shape index (κ3) is 3.22. The van der Waals surface area contributed by atoms with Crippen molar-refractivity contribution < 1.29 is 18.0 Å². The molecule has 0 amide bonds. The number of benzene rings is 1. The Kier molecular flexibility index (Phi) is 4.02. The fourth-order valence-electron chi connectivity index (χ4n) is 1.16. The van der Waals surface area contributed by atoms with Gasteiger partial charge in [0.05, 0.1) is 10.4 Å². The summed E-state index contributed by atoms with van der Waals surface area (Å²) in [4.78, 5) is 10.3. The normalized spacial score (nSPS) is 13.6. The first-order valence-corrected chi connectivity index (χ1v) is 5.53. The Morgan fingerprint density at radius 2 is 1.94 bits per heavy atom. The molecule has 1 aromatic rings. The summed E-state index contributed by atoms with van der Waals surface area (Å²) in [5.74, 6) is -0.282. The quantitative estimate of drug-likeness (QED) is 0.740. The van der Waals surface area contributed by atoms with E-state index in [1.54, 1.807) is 0 Å². The lowest BCUT2D eigenvalue weighted by Gasteiger charge is -2.12. The minimum absolute atomic E-state index is 0.0458. The summed E-state index contributed by atoms with van der Waals surface area (Å²) in [6.45, 7) is 1.29. The van der Waals surface area contributed by atoms with E-state index < -0.39 is 16.6 Å². The van der Waals surface area contributed by atoms with E-state index in [0.717, 1.165) is 12.1 Å². The Morgan fingerprint density at radius 1 is 1.38 bits per heavy atom. The molecule has 0 aromatic heterocycles. The molecular formula is C10H7BrClF3O. The van der Waals surface area contributed by atoms with Crippen molar-refractivity contribution in [1.29, 1.82) is 0 Å². The molecule has 0 heterocycles. The van der Waals surface area contributed by atoms with Crippen LogP contribution in [0.4, 0.5) is 13.2 Å². The van der Waals surface area contributed by atoms with Gasteiger partial charge in [-0.1, -0.05) is 27.5 Å². The van der Waals surface area contributed by atoms with Crippen LogP contribution in [0.3, 0.4) is 0 Å². The van der Waals surface area contributed by atoms with E-state index in [4.69, 9.17) is 11.6 Å². The van der Waals surface area contributed by atoms with Crippen molar-refractivity contribution in [2.75, 3.05) is 0 Å². The van der Waals surface area contributed by atoms with Crippen molar-refractivity contribution >= 4 is 33.3 Å². The third-order valence-corrected chi connectivity index (χ3v) is 3.29. The average Bonchev–Trinajstić information content (AvgIpc) is 2.14. The molecule has 1 unspecified atom stereocenters. The fourth-order valence-corrected chi connectivity index (χ4v) is 1.66. The number of ketones is 1. The number of hydrogen-bond donors (Lipinski definition) is 0. The Hall–Kier alpha value is -0.550. The van der Waals surface area contributed by atoms with E-state index in [0.29, 0.717) is 0 Å². The first kappa shape index (κ1) is 13.5. The number of hydrogen-bond acceptors (Lipinski definition) is 1. The fraction of sp³-hybridized carbons (Fsp3) is 0.300. The van der Waals surface area contributed by atoms with Gasteiger partial charge in [0.2, 0.25) is 0 Å². The molecule has 1 aromatic carbocycles. The Balaban J connectivity index is 3.23. The maximum absolute atomic E-state index is 12.5. The lowest BCUT2D eigenvalue weighted by Crippen LogP contribution is -2.08. The van der Waals surface area contributed by atoms with Gasteiger partial charge >= 0.3 is 6.18 Å². The summed E-state index contributed by atoms with van der Waals surface area (Å²) in [6.07, 6.45) is -4.47. The monoisotopic (exact) mass is 314 g/mol. The van der Waals surface area contributed by atoms with Crippen molar-refractivity contribution in [1.82, 2.24) is 0 Å². The lowest BCUT2D eigenvalue weighted by atomic mass is 10.1. The summed E-state index contributed by atoms with van der Waals surface area (Å²) in [6, 6.07) is 3.06. The Bertz CT molecular complexity index is 417. The minimum atomic E-state index is -4.47. The molecule has 0 fully saturated rings. The van der Waals surface area contributed by atoms with Gasteiger partial charge in [0, 0.05) is 5.02 Å². The molecule has 0 aliphatic carbocycles. The molecule has 0 aliphatic heterocycles. The highest BCUT2D eigenvalue weighted by atomic mass is 79.9. The summed E-state index contributed by atoms with van der Waals surface area (Å²) in [5, 5.41) is -0.0458. The Labute approximate surface area is 104 Å². The van der Waals surface area contributed by atoms with Gasteiger partial charge in [-0.3, -0.25) is 4.79 Å². The zero-order chi connectivity index (χ0) is 12.5. The summed E-state index contributed by atoms with van der Waals surface area (Å²) < 4.78 is 37.4. The summed E-state index contributed by atoms with van der Waals surface area (Å²) in [7, 11) is 0. The number of carbonyl (C=O) groups is 1. The van der Waals surface area contributed by atoms with Gasteiger partial charge in [0.25, 0.3) is 0 Å². The topological polar surface area (TPSA) is 17.1 Å². The van der Waals surface area contributed by atoms with Crippen molar-refractivity contribution in [3.05, 3.63) is 34.3 Å². The van der Waals surface area contributed by atoms with Crippen LogP contribution in [0.25, 0.3) is 0 Å². The minimum Gasteiger partial charge on any atom is -0.298 e. The van der Waals surface area contributed by atoms with E-state index >= 15 is 0 Å². The Morgan fingerprint density at radius 3 is 2.38 bits per heavy atom. The van der Waals surface area contributed by atoms with Crippen molar-refractivity contribution in [2.24, 2.45) is 0 Å². The molecular weight excluding hydrogens is 308 g/mol. The summed E-state index contributed by atoms with van der Waals surface area (Å²) in [5.41, 5.74) is -0.659. The molecule has 1 rings (SSSR count). The number of Topliss-reactive ketones (excluding diaryl/α,β-unsaturated/α-hetero) is 1. The highest BCUT2D eigenvalue weighted by molar-refractivity contribution is 9.09. The van der Waals surface area contributed by atoms with E-state index in [2.05, 4.69) is 15.9 Å². The van der Waals surface area contributed by atoms with Crippen LogP contribution in [0.5, 0.6) is 0 Å². The van der Waals surface area contributed by atoms with Gasteiger partial charge in [-0.2, -0.15) is 13.2 Å². The van der Waals surface area contributed by atoms with Crippen molar-refractivity contribution in [3.8, 4) is 0 Å². The van der Waals surface area contributed by atoms with E-state index in [9.17, 15) is 18.0 Å². The predicted octanol–water partition coefficient (Wildman–Crippen LogP) is 4.38. The molecule has 0 aliphatic rings. The molecule has 0 N–H and O–H groups in total. The molecule has 1 atom stereocenters. The number of alkyl halides is 4. The summed E-state index contributed by atoms with van der Waals surface area (Å²) >= 11 is 8.58. The van der Waals surface area contributed by atoms with Crippen LogP contribution in [0.15, 0.2) is 18.2 Å². The molecule has 6 heteroatoms. The van der Waals surface area contributed by atoms with Crippen molar-refractivity contribution in [2.45, 2.75) is 17.9 Å². The molecule has 16 heavy (non-hydrogen) atoms. The lowest BCUT2D eigenvalue weighted by molar-refractivity contribution is -0.137. The second-order valence-corrected chi connectivity index (χ2v) is 4.60. The molecule has 1 nitrogen and oxygen atoms in total. The first-order chi connectivity index (χ1) is 7.21. The third-order valence-electron chi connectivity index (χ3n) is 1.90. The van der Waals surface area contributed by atoms with E-state index in [1.807, 2.05) is 0 Å². The van der Waals surface area contributed by atoms with E-state index in [-0.39, 0.29) is 16.4 Å². The zero-order valence-electron chi connectivity index (χ0n) is 8.11. The van der Waals surface area contributed by atoms with Gasteiger partial charge in [0.15, 0.2) is 0 Å². The van der Waals surface area contributed by atoms with Crippen molar-refractivity contribution in [3.63, 3.8) is 0 Å². The van der Waals surface area contributed by atoms with Crippen LogP contribution in [0, 0.1) is 0 Å². The zero-order valence-corrected chi connectivity index (χ0v) is 10.4. The van der Waals surface area contributed by atoms with Gasteiger partial charge < -0.3 is 0 Å². The van der Waals surface area contributed by atoms with Gasteiger partial charge in [0.1, 0.15) is 5.78 Å². The molecule has 0 saturated carbocycles. The van der Waals surface area contributed by atoms with Crippen LogP contribution in [0.1, 0.15) is 22.9 Å². The molecule has 0 saturated heterocycles. The first-order valence-electron chi connectivity index (χ1n) is 4.24. The smallest absolute Gasteiger partial charge is 0.298 e. The molecule has 0 bridgehead atoms. The number of carbonyl (C=O) groups excluding carboxylic acids is 1. The van der Waals surface area contributed by atoms with Crippen LogP contribution in [-0.2, 0) is 11.0 Å². The standard InChI is InChI=1S/C10H7BrClF3O/c1-5(16)9(11)6-2-7(10(13,14)15)4-8(12)3-6/h2-4,9H,1H3. The molecule has 88 valence electrons. The predicted molar refractivity (Wildman–Crippen MR) is 58.8 cm³/mol. The molecule has 0 spiro atoms. The maximum atomic E-state index is 12.5. The van der Waals surface area contributed by atoms with E-state index in [1.165, 1.54) is 13.0 Å². The van der Waals surface area contributed by atoms with Crippen LogP contribution < -0.4 is 0 Å².